The summed E-state index contributed by atoms with van der Waals surface area (Å²) >= 11 is 0. The van der Waals surface area contributed by atoms with Crippen LogP contribution in [0.15, 0.2) is 48.7 Å². The highest BCUT2D eigenvalue weighted by atomic mass is 14.7. The van der Waals surface area contributed by atoms with Gasteiger partial charge in [0, 0.05) is 17.8 Å². The lowest BCUT2D eigenvalue weighted by atomic mass is 9.64. The SMILES string of the molecule is C1=CC(C2(Cc3ccccn3)CCCCC2)C=C1. The van der Waals surface area contributed by atoms with Crippen molar-refractivity contribution in [2.24, 2.45) is 11.3 Å². The van der Waals surface area contributed by atoms with Gasteiger partial charge in [0.05, 0.1) is 0 Å². The first kappa shape index (κ1) is 11.7. The van der Waals surface area contributed by atoms with Crippen LogP contribution in [0.25, 0.3) is 0 Å². The van der Waals surface area contributed by atoms with Crippen molar-refractivity contribution in [3.05, 3.63) is 54.4 Å². The fourth-order valence-corrected chi connectivity index (χ4v) is 3.59. The van der Waals surface area contributed by atoms with E-state index in [1.165, 1.54) is 37.8 Å². The third kappa shape index (κ3) is 2.27. The maximum absolute atomic E-state index is 4.54. The van der Waals surface area contributed by atoms with E-state index in [1.807, 2.05) is 12.3 Å². The molecule has 0 aromatic carbocycles. The zero-order valence-electron chi connectivity index (χ0n) is 10.9. The van der Waals surface area contributed by atoms with Crippen LogP contribution in [0.3, 0.4) is 0 Å². The zero-order valence-corrected chi connectivity index (χ0v) is 10.9. The van der Waals surface area contributed by atoms with Crippen LogP contribution in [0.5, 0.6) is 0 Å². The van der Waals surface area contributed by atoms with Crippen molar-refractivity contribution in [1.29, 1.82) is 0 Å². The lowest BCUT2D eigenvalue weighted by Crippen LogP contribution is -2.33. The van der Waals surface area contributed by atoms with Gasteiger partial charge in [-0.2, -0.15) is 0 Å². The first-order chi connectivity index (χ1) is 8.89. The van der Waals surface area contributed by atoms with Gasteiger partial charge in [0.25, 0.3) is 0 Å². The Bertz CT molecular complexity index is 426. The third-order valence-electron chi connectivity index (χ3n) is 4.56. The Hall–Kier alpha value is -1.37. The summed E-state index contributed by atoms with van der Waals surface area (Å²) in [6, 6.07) is 6.30. The van der Waals surface area contributed by atoms with Crippen molar-refractivity contribution < 1.29 is 0 Å². The minimum absolute atomic E-state index is 0.427. The van der Waals surface area contributed by atoms with Gasteiger partial charge in [0.15, 0.2) is 0 Å². The standard InChI is InChI=1S/C17H21N/c1-5-11-17(12-6-1,15-8-2-3-9-15)14-16-10-4-7-13-18-16/h2-4,7-10,13,15H,1,5-6,11-12,14H2. The highest BCUT2D eigenvalue weighted by Crippen LogP contribution is 2.47. The molecule has 1 nitrogen and oxygen atoms in total. The second-order valence-electron chi connectivity index (χ2n) is 5.72. The molecule has 0 spiro atoms. The normalized spacial score (nSPS) is 22.4. The second-order valence-corrected chi connectivity index (χ2v) is 5.72. The topological polar surface area (TPSA) is 12.9 Å². The Morgan fingerprint density at radius 2 is 1.83 bits per heavy atom. The van der Waals surface area contributed by atoms with Crippen LogP contribution in [0.1, 0.15) is 37.8 Å². The van der Waals surface area contributed by atoms with Crippen molar-refractivity contribution in [1.82, 2.24) is 4.98 Å². The van der Waals surface area contributed by atoms with E-state index in [2.05, 4.69) is 41.4 Å². The molecule has 0 saturated heterocycles. The van der Waals surface area contributed by atoms with E-state index >= 15 is 0 Å². The Morgan fingerprint density at radius 3 is 2.50 bits per heavy atom. The molecule has 1 saturated carbocycles. The molecule has 2 aliphatic rings. The molecule has 0 atom stereocenters. The summed E-state index contributed by atoms with van der Waals surface area (Å²) in [4.78, 5) is 4.54. The molecule has 0 unspecified atom stereocenters. The fourth-order valence-electron chi connectivity index (χ4n) is 3.59. The van der Waals surface area contributed by atoms with Gasteiger partial charge in [-0.05, 0) is 36.8 Å². The molecule has 1 heteroatoms. The molecule has 18 heavy (non-hydrogen) atoms. The van der Waals surface area contributed by atoms with E-state index in [-0.39, 0.29) is 0 Å². The maximum atomic E-state index is 4.54. The van der Waals surface area contributed by atoms with Crippen molar-refractivity contribution in [2.75, 3.05) is 0 Å². The van der Waals surface area contributed by atoms with Crippen LogP contribution in [0, 0.1) is 11.3 Å². The molecule has 1 aromatic heterocycles. The molecule has 3 rings (SSSR count). The minimum atomic E-state index is 0.427. The molecule has 1 aromatic rings. The van der Waals surface area contributed by atoms with Crippen LogP contribution in [-0.4, -0.2) is 4.98 Å². The van der Waals surface area contributed by atoms with Gasteiger partial charge in [-0.15, -0.1) is 0 Å². The van der Waals surface area contributed by atoms with Crippen LogP contribution < -0.4 is 0 Å². The predicted molar refractivity (Wildman–Crippen MR) is 75.2 cm³/mol. The number of nitrogens with zero attached hydrogens (tertiary/aromatic N) is 1. The Balaban J connectivity index is 1.85. The Kier molecular flexibility index (Phi) is 3.31. The number of hydrogen-bond acceptors (Lipinski definition) is 1. The zero-order chi connectivity index (χ0) is 12.3. The molecule has 0 radical (unpaired) electrons. The van der Waals surface area contributed by atoms with E-state index in [4.69, 9.17) is 0 Å². The number of allylic oxidation sites excluding steroid dienone is 4. The summed E-state index contributed by atoms with van der Waals surface area (Å²) < 4.78 is 0. The molecule has 2 aliphatic carbocycles. The van der Waals surface area contributed by atoms with E-state index < -0.39 is 0 Å². The molecular formula is C17H21N. The predicted octanol–water partition coefficient (Wildman–Crippen LogP) is 4.32. The van der Waals surface area contributed by atoms with Crippen LogP contribution in [0.4, 0.5) is 0 Å². The highest BCUT2D eigenvalue weighted by molar-refractivity contribution is 5.23. The highest BCUT2D eigenvalue weighted by Gasteiger charge is 2.38. The quantitative estimate of drug-likeness (QED) is 0.765. The average Bonchev–Trinajstić information content (AvgIpc) is 2.95. The summed E-state index contributed by atoms with van der Waals surface area (Å²) in [6.07, 6.45) is 19.1. The van der Waals surface area contributed by atoms with Crippen molar-refractivity contribution in [3.63, 3.8) is 0 Å². The maximum Gasteiger partial charge on any atom is 0.0409 e. The van der Waals surface area contributed by atoms with E-state index in [0.29, 0.717) is 11.3 Å². The summed E-state index contributed by atoms with van der Waals surface area (Å²) in [6.45, 7) is 0. The minimum Gasteiger partial charge on any atom is -0.261 e. The summed E-state index contributed by atoms with van der Waals surface area (Å²) in [5.41, 5.74) is 1.68. The molecule has 94 valence electrons. The molecule has 0 amide bonds. The largest absolute Gasteiger partial charge is 0.261 e. The van der Waals surface area contributed by atoms with Crippen LogP contribution in [-0.2, 0) is 6.42 Å². The van der Waals surface area contributed by atoms with E-state index in [0.717, 1.165) is 6.42 Å². The summed E-state index contributed by atoms with van der Waals surface area (Å²) in [5, 5.41) is 0. The van der Waals surface area contributed by atoms with Gasteiger partial charge in [0.2, 0.25) is 0 Å². The fraction of sp³-hybridized carbons (Fsp3) is 0.471. The van der Waals surface area contributed by atoms with Crippen molar-refractivity contribution in [3.8, 4) is 0 Å². The summed E-state index contributed by atoms with van der Waals surface area (Å²) in [7, 11) is 0. The molecule has 0 N–H and O–H groups in total. The smallest absolute Gasteiger partial charge is 0.0409 e. The van der Waals surface area contributed by atoms with Crippen molar-refractivity contribution in [2.45, 2.75) is 38.5 Å². The summed E-state index contributed by atoms with van der Waals surface area (Å²) in [5.74, 6) is 0.625. The first-order valence-corrected chi connectivity index (χ1v) is 7.14. The lowest BCUT2D eigenvalue weighted by molar-refractivity contribution is 0.149. The van der Waals surface area contributed by atoms with Gasteiger partial charge >= 0.3 is 0 Å². The number of pyridine rings is 1. The molecule has 0 aliphatic heterocycles. The van der Waals surface area contributed by atoms with Gasteiger partial charge in [-0.1, -0.05) is 49.6 Å². The molecule has 0 bridgehead atoms. The van der Waals surface area contributed by atoms with Gasteiger partial charge < -0.3 is 0 Å². The van der Waals surface area contributed by atoms with E-state index in [1.54, 1.807) is 0 Å². The van der Waals surface area contributed by atoms with Crippen LogP contribution in [0.2, 0.25) is 0 Å². The molecular weight excluding hydrogens is 218 g/mol. The van der Waals surface area contributed by atoms with Gasteiger partial charge in [0.1, 0.15) is 0 Å². The van der Waals surface area contributed by atoms with Crippen LogP contribution >= 0.6 is 0 Å². The first-order valence-electron chi connectivity index (χ1n) is 7.14. The van der Waals surface area contributed by atoms with Gasteiger partial charge in [-0.25, -0.2) is 0 Å². The van der Waals surface area contributed by atoms with Gasteiger partial charge in [-0.3, -0.25) is 4.98 Å². The third-order valence-corrected chi connectivity index (χ3v) is 4.56. The monoisotopic (exact) mass is 239 g/mol. The lowest BCUT2D eigenvalue weighted by Gasteiger charge is -2.41. The second kappa shape index (κ2) is 5.09. The number of aromatic nitrogens is 1. The number of hydrogen-bond donors (Lipinski definition) is 0. The van der Waals surface area contributed by atoms with E-state index in [9.17, 15) is 0 Å². The average molecular weight is 239 g/mol. The molecule has 1 fully saturated rings. The Labute approximate surface area is 110 Å². The number of rotatable bonds is 3. The Morgan fingerprint density at radius 1 is 1.06 bits per heavy atom. The van der Waals surface area contributed by atoms with Crippen molar-refractivity contribution >= 4 is 0 Å². The molecule has 1 heterocycles.